The summed E-state index contributed by atoms with van der Waals surface area (Å²) in [6.45, 7) is 0.532. The van der Waals surface area contributed by atoms with Crippen LogP contribution in [0.4, 0.5) is 0 Å². The molecule has 0 spiro atoms. The fourth-order valence-corrected chi connectivity index (χ4v) is 3.01. The van der Waals surface area contributed by atoms with Gasteiger partial charge in [0.15, 0.2) is 0 Å². The van der Waals surface area contributed by atoms with Crippen LogP contribution < -0.4 is 0 Å². The van der Waals surface area contributed by atoms with Crippen LogP contribution in [0.5, 0.6) is 5.75 Å². The summed E-state index contributed by atoms with van der Waals surface area (Å²) in [6.07, 6.45) is 2.75. The van der Waals surface area contributed by atoms with Crippen LogP contribution in [0.15, 0.2) is 34.4 Å². The van der Waals surface area contributed by atoms with Crippen LogP contribution in [0, 0.1) is 0 Å². The summed E-state index contributed by atoms with van der Waals surface area (Å²) < 4.78 is 1.02. The Morgan fingerprint density at radius 3 is 2.89 bits per heavy atom. The average Bonchev–Trinajstić information content (AvgIpc) is 2.73. The summed E-state index contributed by atoms with van der Waals surface area (Å²) in [5, 5.41) is 11.3. The number of thiophene rings is 1. The van der Waals surface area contributed by atoms with Gasteiger partial charge in [-0.2, -0.15) is 0 Å². The van der Waals surface area contributed by atoms with E-state index in [1.54, 1.807) is 23.3 Å². The van der Waals surface area contributed by atoms with Crippen molar-refractivity contribution in [3.05, 3.63) is 44.8 Å². The zero-order valence-corrected chi connectivity index (χ0v) is 12.0. The van der Waals surface area contributed by atoms with Gasteiger partial charge < -0.3 is 10.0 Å². The summed E-state index contributed by atoms with van der Waals surface area (Å²) in [6, 6.07) is 3.39. The van der Waals surface area contributed by atoms with E-state index in [1.165, 1.54) is 18.5 Å². The lowest BCUT2D eigenvalue weighted by Crippen LogP contribution is -2.25. The van der Waals surface area contributed by atoms with Crippen molar-refractivity contribution in [3.63, 3.8) is 0 Å². The number of hydrogen-bond acceptors (Lipinski definition) is 4. The molecule has 4 nitrogen and oxygen atoms in total. The number of halogens is 1. The van der Waals surface area contributed by atoms with E-state index in [1.807, 2.05) is 11.4 Å². The van der Waals surface area contributed by atoms with Gasteiger partial charge in [0.1, 0.15) is 5.75 Å². The number of aromatic hydroxyl groups is 1. The van der Waals surface area contributed by atoms with Crippen molar-refractivity contribution in [1.29, 1.82) is 0 Å². The minimum absolute atomic E-state index is 0.00637. The van der Waals surface area contributed by atoms with Crippen molar-refractivity contribution in [2.75, 3.05) is 7.05 Å². The van der Waals surface area contributed by atoms with E-state index >= 15 is 0 Å². The molecule has 2 rings (SSSR count). The van der Waals surface area contributed by atoms with Crippen LogP contribution in [0.25, 0.3) is 0 Å². The molecule has 6 heteroatoms. The van der Waals surface area contributed by atoms with Crippen molar-refractivity contribution in [3.8, 4) is 5.75 Å². The molecule has 0 unspecified atom stereocenters. The Labute approximate surface area is 117 Å². The number of nitrogens with zero attached hydrogens (tertiary/aromatic N) is 2. The quantitative estimate of drug-likeness (QED) is 0.943. The van der Waals surface area contributed by atoms with E-state index in [0.717, 1.165) is 9.35 Å². The average molecular weight is 327 g/mol. The minimum Gasteiger partial charge on any atom is -0.506 e. The molecular weight excluding hydrogens is 316 g/mol. The zero-order valence-electron chi connectivity index (χ0n) is 9.63. The highest BCUT2D eigenvalue weighted by Gasteiger charge is 2.13. The van der Waals surface area contributed by atoms with Crippen LogP contribution in [-0.2, 0) is 6.54 Å². The van der Waals surface area contributed by atoms with Crippen molar-refractivity contribution in [1.82, 2.24) is 9.88 Å². The molecule has 2 heterocycles. The number of rotatable bonds is 3. The van der Waals surface area contributed by atoms with Crippen LogP contribution in [0.2, 0.25) is 0 Å². The molecule has 18 heavy (non-hydrogen) atoms. The zero-order chi connectivity index (χ0) is 13.1. The Hall–Kier alpha value is -1.40. The van der Waals surface area contributed by atoms with Gasteiger partial charge >= 0.3 is 0 Å². The van der Waals surface area contributed by atoms with Crippen molar-refractivity contribution in [2.45, 2.75) is 6.54 Å². The molecule has 94 valence electrons. The number of carbonyl (C=O) groups is 1. The monoisotopic (exact) mass is 326 g/mol. The van der Waals surface area contributed by atoms with Gasteiger partial charge in [-0.25, -0.2) is 0 Å². The Morgan fingerprint density at radius 1 is 1.50 bits per heavy atom. The van der Waals surface area contributed by atoms with Crippen molar-refractivity contribution < 1.29 is 9.90 Å². The van der Waals surface area contributed by atoms with Crippen molar-refractivity contribution in [2.24, 2.45) is 0 Å². The summed E-state index contributed by atoms with van der Waals surface area (Å²) in [4.78, 5) is 18.6. The standard InChI is InChI=1S/C12H11BrN2O2S/c1-15(6-11-3-9(13)7-18-11)12(17)8-2-10(16)5-14-4-8/h2-5,7,16H,6H2,1H3. The number of carbonyl (C=O) groups excluding carboxylic acids is 1. The maximum atomic E-state index is 12.1. The maximum Gasteiger partial charge on any atom is 0.255 e. The largest absolute Gasteiger partial charge is 0.506 e. The molecule has 0 aliphatic heterocycles. The second-order valence-corrected chi connectivity index (χ2v) is 5.74. The third-order valence-corrected chi connectivity index (χ3v) is 4.01. The molecule has 0 aromatic carbocycles. The molecule has 0 saturated carbocycles. The highest BCUT2D eigenvalue weighted by molar-refractivity contribution is 9.10. The molecule has 1 amide bonds. The van der Waals surface area contributed by atoms with Crippen LogP contribution in [-0.4, -0.2) is 27.9 Å². The minimum atomic E-state index is -0.164. The van der Waals surface area contributed by atoms with E-state index in [4.69, 9.17) is 0 Å². The molecule has 0 atom stereocenters. The highest BCUT2D eigenvalue weighted by atomic mass is 79.9. The number of hydrogen-bond donors (Lipinski definition) is 1. The first kappa shape index (κ1) is 13.0. The number of aromatic nitrogens is 1. The summed E-state index contributed by atoms with van der Waals surface area (Å²) >= 11 is 4.97. The lowest BCUT2D eigenvalue weighted by Gasteiger charge is -2.16. The van der Waals surface area contributed by atoms with E-state index in [2.05, 4.69) is 20.9 Å². The van der Waals surface area contributed by atoms with Gasteiger partial charge in [-0.3, -0.25) is 9.78 Å². The molecular formula is C12H11BrN2O2S. The lowest BCUT2D eigenvalue weighted by molar-refractivity contribution is 0.0785. The van der Waals surface area contributed by atoms with E-state index < -0.39 is 0 Å². The van der Waals surface area contributed by atoms with Crippen LogP contribution in [0.1, 0.15) is 15.2 Å². The van der Waals surface area contributed by atoms with E-state index in [0.29, 0.717) is 12.1 Å². The molecule has 2 aromatic heterocycles. The van der Waals surface area contributed by atoms with Gasteiger partial charge in [-0.1, -0.05) is 0 Å². The SMILES string of the molecule is CN(Cc1cc(Br)cs1)C(=O)c1cncc(O)c1. The predicted octanol–water partition coefficient (Wildman–Crippen LogP) is 2.88. The first-order chi connectivity index (χ1) is 8.56. The van der Waals surface area contributed by atoms with Crippen LogP contribution in [0.3, 0.4) is 0 Å². The van der Waals surface area contributed by atoms with Gasteiger partial charge in [-0.15, -0.1) is 11.3 Å². The molecule has 0 aliphatic rings. The van der Waals surface area contributed by atoms with E-state index in [9.17, 15) is 9.90 Å². The van der Waals surface area contributed by atoms with Gasteiger partial charge in [0.2, 0.25) is 0 Å². The first-order valence-electron chi connectivity index (χ1n) is 5.18. The molecule has 0 radical (unpaired) electrons. The van der Waals surface area contributed by atoms with Gasteiger partial charge in [0.05, 0.1) is 18.3 Å². The smallest absolute Gasteiger partial charge is 0.255 e. The Bertz CT molecular complexity index is 571. The van der Waals surface area contributed by atoms with Gasteiger partial charge in [0.25, 0.3) is 5.91 Å². The Balaban J connectivity index is 2.09. The second kappa shape index (κ2) is 5.49. The maximum absolute atomic E-state index is 12.1. The first-order valence-corrected chi connectivity index (χ1v) is 6.86. The van der Waals surface area contributed by atoms with Crippen LogP contribution >= 0.6 is 27.3 Å². The lowest BCUT2D eigenvalue weighted by atomic mass is 10.2. The molecule has 0 bridgehead atoms. The van der Waals surface area contributed by atoms with Gasteiger partial charge in [0, 0.05) is 28.0 Å². The molecule has 0 fully saturated rings. The third kappa shape index (κ3) is 3.08. The highest BCUT2D eigenvalue weighted by Crippen LogP contribution is 2.21. The summed E-state index contributed by atoms with van der Waals surface area (Å²) in [7, 11) is 1.72. The third-order valence-electron chi connectivity index (χ3n) is 2.33. The predicted molar refractivity (Wildman–Crippen MR) is 73.7 cm³/mol. The molecule has 0 aliphatic carbocycles. The summed E-state index contributed by atoms with van der Waals surface area (Å²) in [5.41, 5.74) is 0.383. The van der Waals surface area contributed by atoms with E-state index in [-0.39, 0.29) is 11.7 Å². The molecule has 1 N–H and O–H groups in total. The Morgan fingerprint density at radius 2 is 2.28 bits per heavy atom. The number of amides is 1. The summed E-state index contributed by atoms with van der Waals surface area (Å²) in [5.74, 6) is -0.170. The fourth-order valence-electron chi connectivity index (χ4n) is 1.51. The van der Waals surface area contributed by atoms with Crippen molar-refractivity contribution >= 4 is 33.2 Å². The second-order valence-electron chi connectivity index (χ2n) is 3.82. The number of pyridine rings is 1. The van der Waals surface area contributed by atoms with Gasteiger partial charge in [-0.05, 0) is 28.1 Å². The molecule has 0 saturated heterocycles. The fraction of sp³-hybridized carbons (Fsp3) is 0.167. The topological polar surface area (TPSA) is 53.4 Å². The molecule has 2 aromatic rings. The Kier molecular flexibility index (Phi) is 3.98. The normalized spacial score (nSPS) is 10.3.